The average Bonchev–Trinajstić information content (AvgIpc) is 2.40. The van der Waals surface area contributed by atoms with Crippen molar-refractivity contribution >= 4 is 0 Å². The summed E-state index contributed by atoms with van der Waals surface area (Å²) in [5, 5.41) is 8.99. The van der Waals surface area contributed by atoms with Crippen LogP contribution >= 0.6 is 0 Å². The van der Waals surface area contributed by atoms with Gasteiger partial charge in [-0.15, -0.1) is 0 Å². The summed E-state index contributed by atoms with van der Waals surface area (Å²) in [6, 6.07) is 11.2. The molecule has 1 aromatic rings. The molecule has 1 saturated carbocycles. The SMILES string of the molecule is NC(CCN(CCCO)C1CCC1)c1ccccc1. The maximum Gasteiger partial charge on any atom is 0.0443 e. The van der Waals surface area contributed by atoms with Crippen LogP contribution in [-0.2, 0) is 0 Å². The van der Waals surface area contributed by atoms with Crippen molar-refractivity contribution in [1.29, 1.82) is 0 Å². The molecule has 1 aliphatic carbocycles. The molecule has 3 N–H and O–H groups in total. The van der Waals surface area contributed by atoms with Gasteiger partial charge in [-0.3, -0.25) is 0 Å². The van der Waals surface area contributed by atoms with Crippen molar-refractivity contribution in [3.63, 3.8) is 0 Å². The zero-order chi connectivity index (χ0) is 13.5. The number of nitrogens with zero attached hydrogens (tertiary/aromatic N) is 1. The summed E-state index contributed by atoms with van der Waals surface area (Å²) in [4.78, 5) is 2.52. The number of aliphatic hydroxyl groups excluding tert-OH is 1. The van der Waals surface area contributed by atoms with Gasteiger partial charge in [0.1, 0.15) is 0 Å². The van der Waals surface area contributed by atoms with Gasteiger partial charge in [0.25, 0.3) is 0 Å². The quantitative estimate of drug-likeness (QED) is 0.756. The summed E-state index contributed by atoms with van der Waals surface area (Å²) < 4.78 is 0. The number of hydrogen-bond acceptors (Lipinski definition) is 3. The summed E-state index contributed by atoms with van der Waals surface area (Å²) in [7, 11) is 0. The lowest BCUT2D eigenvalue weighted by atomic mass is 9.91. The topological polar surface area (TPSA) is 49.5 Å². The van der Waals surface area contributed by atoms with Crippen molar-refractivity contribution in [1.82, 2.24) is 4.90 Å². The van der Waals surface area contributed by atoms with Crippen molar-refractivity contribution in [2.24, 2.45) is 5.73 Å². The number of benzene rings is 1. The normalized spacial score (nSPS) is 17.4. The standard InChI is InChI=1S/C16H26N2O/c17-16(14-6-2-1-3-7-14)10-12-18(11-5-13-19)15-8-4-9-15/h1-3,6-7,15-16,19H,4-5,8-13,17H2. The number of rotatable bonds is 8. The molecule has 3 heteroatoms. The Bertz CT molecular complexity index is 351. The zero-order valence-corrected chi connectivity index (χ0v) is 11.7. The predicted octanol–water partition coefficient (Wildman–Crippen LogP) is 2.31. The van der Waals surface area contributed by atoms with E-state index >= 15 is 0 Å². The summed E-state index contributed by atoms with van der Waals surface area (Å²) in [5.41, 5.74) is 7.48. The molecule has 0 aliphatic heterocycles. The number of nitrogens with two attached hydrogens (primary N) is 1. The molecule has 0 spiro atoms. The second kappa shape index (κ2) is 7.63. The predicted molar refractivity (Wildman–Crippen MR) is 78.9 cm³/mol. The van der Waals surface area contributed by atoms with E-state index in [2.05, 4.69) is 17.0 Å². The highest BCUT2D eigenvalue weighted by molar-refractivity contribution is 5.18. The number of aliphatic hydroxyl groups is 1. The molecule has 1 aliphatic rings. The lowest BCUT2D eigenvalue weighted by Gasteiger charge is -2.38. The van der Waals surface area contributed by atoms with Crippen LogP contribution in [0.3, 0.4) is 0 Å². The molecule has 0 bridgehead atoms. The van der Waals surface area contributed by atoms with E-state index in [-0.39, 0.29) is 12.6 Å². The van der Waals surface area contributed by atoms with Gasteiger partial charge in [0, 0.05) is 31.8 Å². The molecule has 1 aromatic carbocycles. The fraction of sp³-hybridized carbons (Fsp3) is 0.625. The molecule has 0 amide bonds. The van der Waals surface area contributed by atoms with Gasteiger partial charge in [-0.05, 0) is 31.2 Å². The van der Waals surface area contributed by atoms with Crippen molar-refractivity contribution in [3.05, 3.63) is 35.9 Å². The van der Waals surface area contributed by atoms with E-state index in [9.17, 15) is 0 Å². The van der Waals surface area contributed by atoms with E-state index < -0.39 is 0 Å². The molecule has 0 heterocycles. The van der Waals surface area contributed by atoms with Crippen LogP contribution in [0, 0.1) is 0 Å². The Labute approximate surface area is 116 Å². The van der Waals surface area contributed by atoms with Crippen LogP contribution in [0.1, 0.15) is 43.7 Å². The summed E-state index contributed by atoms with van der Waals surface area (Å²) in [5.74, 6) is 0. The average molecular weight is 262 g/mol. The molecule has 0 saturated heterocycles. The lowest BCUT2D eigenvalue weighted by molar-refractivity contribution is 0.113. The Balaban J connectivity index is 1.80. The van der Waals surface area contributed by atoms with Crippen LogP contribution in [0.25, 0.3) is 0 Å². The smallest absolute Gasteiger partial charge is 0.0443 e. The lowest BCUT2D eigenvalue weighted by Crippen LogP contribution is -2.42. The second-order valence-electron chi connectivity index (χ2n) is 5.50. The molecule has 3 nitrogen and oxygen atoms in total. The van der Waals surface area contributed by atoms with Gasteiger partial charge in [0.15, 0.2) is 0 Å². The maximum atomic E-state index is 8.99. The van der Waals surface area contributed by atoms with E-state index in [4.69, 9.17) is 10.8 Å². The molecular weight excluding hydrogens is 236 g/mol. The van der Waals surface area contributed by atoms with Crippen molar-refractivity contribution in [3.8, 4) is 0 Å². The molecule has 1 atom stereocenters. The molecule has 1 fully saturated rings. The molecule has 2 rings (SSSR count). The molecule has 0 aromatic heterocycles. The minimum atomic E-state index is 0.123. The maximum absolute atomic E-state index is 8.99. The van der Waals surface area contributed by atoms with Crippen LogP contribution in [-0.4, -0.2) is 35.7 Å². The van der Waals surface area contributed by atoms with Gasteiger partial charge >= 0.3 is 0 Å². The Morgan fingerprint density at radius 2 is 1.95 bits per heavy atom. The van der Waals surface area contributed by atoms with Crippen LogP contribution < -0.4 is 5.73 Å². The van der Waals surface area contributed by atoms with Gasteiger partial charge in [0.2, 0.25) is 0 Å². The summed E-state index contributed by atoms with van der Waals surface area (Å²) in [6.45, 7) is 2.33. The van der Waals surface area contributed by atoms with Gasteiger partial charge in [0.05, 0.1) is 0 Å². The summed E-state index contributed by atoms with van der Waals surface area (Å²) >= 11 is 0. The van der Waals surface area contributed by atoms with Gasteiger partial charge in [-0.25, -0.2) is 0 Å². The van der Waals surface area contributed by atoms with E-state index in [1.54, 1.807) is 0 Å². The molecule has 0 radical (unpaired) electrons. The van der Waals surface area contributed by atoms with E-state index in [1.165, 1.54) is 24.8 Å². The highest BCUT2D eigenvalue weighted by Gasteiger charge is 2.24. The first-order chi connectivity index (χ1) is 9.31. The first-order valence-corrected chi connectivity index (χ1v) is 7.46. The van der Waals surface area contributed by atoms with E-state index in [0.29, 0.717) is 0 Å². The van der Waals surface area contributed by atoms with Crippen LogP contribution in [0.2, 0.25) is 0 Å². The van der Waals surface area contributed by atoms with Gasteiger partial charge < -0.3 is 15.7 Å². The van der Waals surface area contributed by atoms with E-state index in [1.807, 2.05) is 18.2 Å². The first-order valence-electron chi connectivity index (χ1n) is 7.46. The van der Waals surface area contributed by atoms with Gasteiger partial charge in [-0.1, -0.05) is 36.8 Å². The third-order valence-electron chi connectivity index (χ3n) is 4.15. The Morgan fingerprint density at radius 3 is 2.53 bits per heavy atom. The first kappa shape index (κ1) is 14.5. The molecule has 106 valence electrons. The molecular formula is C16H26N2O. The summed E-state index contributed by atoms with van der Waals surface area (Å²) in [6.07, 6.45) is 5.84. The van der Waals surface area contributed by atoms with Crippen LogP contribution in [0.5, 0.6) is 0 Å². The van der Waals surface area contributed by atoms with Crippen LogP contribution in [0.15, 0.2) is 30.3 Å². The minimum Gasteiger partial charge on any atom is -0.396 e. The minimum absolute atomic E-state index is 0.123. The fourth-order valence-corrected chi connectivity index (χ4v) is 2.67. The Kier molecular flexibility index (Phi) is 5.83. The third-order valence-corrected chi connectivity index (χ3v) is 4.15. The monoisotopic (exact) mass is 262 g/mol. The van der Waals surface area contributed by atoms with Crippen LogP contribution in [0.4, 0.5) is 0 Å². The van der Waals surface area contributed by atoms with Crippen molar-refractivity contribution in [2.45, 2.75) is 44.2 Å². The van der Waals surface area contributed by atoms with E-state index in [0.717, 1.165) is 32.0 Å². The van der Waals surface area contributed by atoms with Crippen molar-refractivity contribution in [2.75, 3.05) is 19.7 Å². The van der Waals surface area contributed by atoms with Gasteiger partial charge in [-0.2, -0.15) is 0 Å². The highest BCUT2D eigenvalue weighted by atomic mass is 16.3. The zero-order valence-electron chi connectivity index (χ0n) is 11.7. The van der Waals surface area contributed by atoms with Crippen molar-refractivity contribution < 1.29 is 5.11 Å². The molecule has 1 unspecified atom stereocenters. The third kappa shape index (κ3) is 4.30. The Hall–Kier alpha value is -0.900. The Morgan fingerprint density at radius 1 is 1.21 bits per heavy atom. The second-order valence-corrected chi connectivity index (χ2v) is 5.50. The highest BCUT2D eigenvalue weighted by Crippen LogP contribution is 2.26. The number of hydrogen-bond donors (Lipinski definition) is 2. The molecule has 19 heavy (non-hydrogen) atoms. The fourth-order valence-electron chi connectivity index (χ4n) is 2.67. The largest absolute Gasteiger partial charge is 0.396 e.